The van der Waals surface area contributed by atoms with Crippen LogP contribution in [0.25, 0.3) is 10.9 Å². The zero-order valence-electron chi connectivity index (χ0n) is 18.1. The van der Waals surface area contributed by atoms with E-state index in [-0.39, 0.29) is 6.04 Å². The molecule has 1 aromatic heterocycles. The van der Waals surface area contributed by atoms with Crippen LogP contribution in [0, 0.1) is 11.8 Å². The number of rotatable bonds is 6. The summed E-state index contributed by atoms with van der Waals surface area (Å²) in [6, 6.07) is 11.7. The van der Waals surface area contributed by atoms with Gasteiger partial charge in [0, 0.05) is 36.8 Å². The van der Waals surface area contributed by atoms with E-state index in [1.165, 1.54) is 36.6 Å². The summed E-state index contributed by atoms with van der Waals surface area (Å²) in [6.07, 6.45) is 9.02. The normalized spacial score (nSPS) is 30.8. The van der Waals surface area contributed by atoms with Crippen molar-refractivity contribution in [1.82, 2.24) is 25.8 Å². The molecule has 4 fully saturated rings. The van der Waals surface area contributed by atoms with Crippen LogP contribution in [0.15, 0.2) is 49.2 Å². The minimum absolute atomic E-state index is 0.137. The van der Waals surface area contributed by atoms with Crippen LogP contribution in [-0.2, 0) is 0 Å². The molecule has 5 heterocycles. The SMILES string of the molecule is C=CC1CN2CCC1CC2[C@H](NC(=S)NC[C@H]1CCCN1)c1ccnc2ccccc12. The summed E-state index contributed by atoms with van der Waals surface area (Å²) in [4.78, 5) is 7.25. The van der Waals surface area contributed by atoms with Crippen LogP contribution < -0.4 is 16.0 Å². The van der Waals surface area contributed by atoms with Gasteiger partial charge < -0.3 is 16.0 Å². The third-order valence-electron chi connectivity index (χ3n) is 7.51. The number of nitrogens with zero attached hydrogens (tertiary/aromatic N) is 2. The highest BCUT2D eigenvalue weighted by Crippen LogP contribution is 2.42. The Morgan fingerprint density at radius 2 is 2.23 bits per heavy atom. The summed E-state index contributed by atoms with van der Waals surface area (Å²) in [5.41, 5.74) is 2.34. The van der Waals surface area contributed by atoms with Crippen molar-refractivity contribution in [3.8, 4) is 0 Å². The highest BCUT2D eigenvalue weighted by molar-refractivity contribution is 7.80. The molecule has 4 saturated heterocycles. The first kappa shape index (κ1) is 20.9. The molecule has 164 valence electrons. The van der Waals surface area contributed by atoms with E-state index in [0.29, 0.717) is 23.9 Å². The van der Waals surface area contributed by atoms with Gasteiger partial charge in [0.05, 0.1) is 11.6 Å². The minimum Gasteiger partial charge on any atom is -0.361 e. The van der Waals surface area contributed by atoms with Gasteiger partial charge in [-0.25, -0.2) is 0 Å². The first-order chi connectivity index (χ1) is 15.2. The Morgan fingerprint density at radius 3 is 3.00 bits per heavy atom. The van der Waals surface area contributed by atoms with Gasteiger partial charge in [-0.2, -0.15) is 0 Å². The number of para-hydroxylation sites is 1. The van der Waals surface area contributed by atoms with Crippen LogP contribution in [0.2, 0.25) is 0 Å². The quantitative estimate of drug-likeness (QED) is 0.478. The van der Waals surface area contributed by atoms with Crippen LogP contribution >= 0.6 is 12.2 Å². The molecule has 3 N–H and O–H groups in total. The van der Waals surface area contributed by atoms with E-state index in [4.69, 9.17) is 12.2 Å². The van der Waals surface area contributed by atoms with Crippen molar-refractivity contribution < 1.29 is 0 Å². The molecule has 6 rings (SSSR count). The number of thiocarbonyl (C=S) groups is 1. The first-order valence-corrected chi connectivity index (χ1v) is 12.1. The van der Waals surface area contributed by atoms with Crippen LogP contribution in [0.4, 0.5) is 0 Å². The van der Waals surface area contributed by atoms with Gasteiger partial charge in [-0.1, -0.05) is 24.3 Å². The summed E-state index contributed by atoms with van der Waals surface area (Å²) in [6.45, 7) is 8.35. The maximum atomic E-state index is 5.79. The molecule has 2 bridgehead atoms. The molecule has 0 radical (unpaired) electrons. The Kier molecular flexibility index (Phi) is 6.21. The molecule has 0 amide bonds. The second-order valence-corrected chi connectivity index (χ2v) is 9.70. The summed E-state index contributed by atoms with van der Waals surface area (Å²) in [5.74, 6) is 1.33. The predicted octanol–water partition coefficient (Wildman–Crippen LogP) is 3.39. The second kappa shape index (κ2) is 9.23. The number of aromatic nitrogens is 1. The molecular formula is C25H33N5S. The lowest BCUT2D eigenvalue weighted by molar-refractivity contribution is 0.00430. The number of nitrogens with one attached hydrogen (secondary N) is 3. The lowest BCUT2D eigenvalue weighted by atomic mass is 9.73. The molecule has 5 nitrogen and oxygen atoms in total. The molecular weight excluding hydrogens is 402 g/mol. The zero-order valence-corrected chi connectivity index (χ0v) is 18.9. The molecule has 4 aliphatic heterocycles. The fraction of sp³-hybridized carbons (Fsp3) is 0.520. The van der Waals surface area contributed by atoms with Gasteiger partial charge in [0.25, 0.3) is 0 Å². The van der Waals surface area contributed by atoms with Crippen molar-refractivity contribution in [3.05, 3.63) is 54.7 Å². The number of hydrogen-bond donors (Lipinski definition) is 3. The standard InChI is InChI=1S/C25H33N5S/c1-2-17-16-30-13-10-18(17)14-23(30)24(29-25(31)28-15-19-6-5-11-26-19)21-9-12-27-22-8-4-3-7-20(21)22/h2-4,7-9,12,17-19,23-24,26H,1,5-6,10-11,13-16H2,(H2,28,29,31)/t17?,18?,19-,23?,24-/m1/s1. The van der Waals surface area contributed by atoms with Gasteiger partial charge in [-0.3, -0.25) is 9.88 Å². The summed E-state index contributed by atoms with van der Waals surface area (Å²) >= 11 is 5.79. The molecule has 0 aliphatic carbocycles. The maximum absolute atomic E-state index is 5.79. The molecule has 31 heavy (non-hydrogen) atoms. The van der Waals surface area contributed by atoms with E-state index in [1.54, 1.807) is 0 Å². The van der Waals surface area contributed by atoms with Crippen LogP contribution in [-0.4, -0.2) is 53.3 Å². The Hall–Kier alpha value is -2.02. The highest BCUT2D eigenvalue weighted by atomic mass is 32.1. The van der Waals surface area contributed by atoms with Gasteiger partial charge in [0.1, 0.15) is 0 Å². The number of fused-ring (bicyclic) bond motifs is 4. The van der Waals surface area contributed by atoms with Crippen molar-refractivity contribution in [2.45, 2.75) is 43.8 Å². The summed E-state index contributed by atoms with van der Waals surface area (Å²) in [7, 11) is 0. The van der Waals surface area contributed by atoms with E-state index < -0.39 is 0 Å². The van der Waals surface area contributed by atoms with Gasteiger partial charge in [0.15, 0.2) is 5.11 Å². The van der Waals surface area contributed by atoms with Crippen molar-refractivity contribution >= 4 is 28.2 Å². The third kappa shape index (κ3) is 4.34. The Labute approximate surface area is 190 Å². The van der Waals surface area contributed by atoms with E-state index in [0.717, 1.165) is 36.8 Å². The molecule has 2 aromatic rings. The van der Waals surface area contributed by atoms with Crippen LogP contribution in [0.3, 0.4) is 0 Å². The predicted molar refractivity (Wildman–Crippen MR) is 131 cm³/mol. The topological polar surface area (TPSA) is 52.2 Å². The van der Waals surface area contributed by atoms with Crippen molar-refractivity contribution in [3.63, 3.8) is 0 Å². The van der Waals surface area contributed by atoms with Gasteiger partial charge in [0.2, 0.25) is 0 Å². The fourth-order valence-electron chi connectivity index (χ4n) is 5.83. The second-order valence-electron chi connectivity index (χ2n) is 9.29. The Morgan fingerprint density at radius 1 is 1.32 bits per heavy atom. The van der Waals surface area contributed by atoms with Crippen LogP contribution in [0.5, 0.6) is 0 Å². The smallest absolute Gasteiger partial charge is 0.166 e. The highest BCUT2D eigenvalue weighted by Gasteiger charge is 2.43. The van der Waals surface area contributed by atoms with Gasteiger partial charge >= 0.3 is 0 Å². The molecule has 4 aliphatic rings. The molecule has 6 heteroatoms. The minimum atomic E-state index is 0.137. The first-order valence-electron chi connectivity index (χ1n) is 11.7. The molecule has 6 atom stereocenters. The lowest BCUT2D eigenvalue weighted by Gasteiger charge is -2.52. The molecule has 0 spiro atoms. The average Bonchev–Trinajstić information content (AvgIpc) is 3.35. The number of hydrogen-bond acceptors (Lipinski definition) is 4. The summed E-state index contributed by atoms with van der Waals surface area (Å²) < 4.78 is 0. The van der Waals surface area contributed by atoms with Crippen molar-refractivity contribution in [1.29, 1.82) is 0 Å². The molecule has 1 aromatic carbocycles. The average molecular weight is 436 g/mol. The summed E-state index contributed by atoms with van der Waals surface area (Å²) in [5, 5.41) is 12.7. The zero-order chi connectivity index (χ0) is 21.2. The van der Waals surface area contributed by atoms with E-state index >= 15 is 0 Å². The van der Waals surface area contributed by atoms with Crippen molar-refractivity contribution in [2.75, 3.05) is 26.2 Å². The third-order valence-corrected chi connectivity index (χ3v) is 7.78. The molecule has 0 saturated carbocycles. The largest absolute Gasteiger partial charge is 0.361 e. The van der Waals surface area contributed by atoms with Gasteiger partial charge in [-0.15, -0.1) is 6.58 Å². The lowest BCUT2D eigenvalue weighted by Crippen LogP contribution is -2.58. The van der Waals surface area contributed by atoms with E-state index in [9.17, 15) is 0 Å². The molecule has 4 unspecified atom stereocenters. The maximum Gasteiger partial charge on any atom is 0.166 e. The van der Waals surface area contributed by atoms with Crippen LogP contribution in [0.1, 0.15) is 37.3 Å². The van der Waals surface area contributed by atoms with Crippen molar-refractivity contribution in [2.24, 2.45) is 11.8 Å². The Bertz CT molecular complexity index is 935. The van der Waals surface area contributed by atoms with Gasteiger partial charge in [-0.05, 0) is 80.5 Å². The fourth-order valence-corrected chi connectivity index (χ4v) is 6.04. The number of piperidine rings is 3. The Balaban J connectivity index is 1.41. The number of benzene rings is 1. The van der Waals surface area contributed by atoms with E-state index in [2.05, 4.69) is 68.8 Å². The van der Waals surface area contributed by atoms with E-state index in [1.807, 2.05) is 6.20 Å². The number of pyridine rings is 1. The monoisotopic (exact) mass is 435 g/mol.